The number of anilines is 1. The summed E-state index contributed by atoms with van der Waals surface area (Å²) in [5.74, 6) is 0.0166. The SMILES string of the molecule is CC(C#N)N1CCN(C(C)C(=O)Nc2ccccc2)CC1. The molecule has 0 bridgehead atoms. The molecule has 5 heteroatoms. The van der Waals surface area contributed by atoms with Crippen molar-refractivity contribution in [3.8, 4) is 6.07 Å². The van der Waals surface area contributed by atoms with Crippen LogP contribution in [-0.4, -0.2) is 54.0 Å². The second kappa shape index (κ2) is 7.21. The highest BCUT2D eigenvalue weighted by atomic mass is 16.2. The fourth-order valence-corrected chi connectivity index (χ4v) is 2.53. The molecule has 1 heterocycles. The van der Waals surface area contributed by atoms with Crippen LogP contribution >= 0.6 is 0 Å². The van der Waals surface area contributed by atoms with E-state index in [0.29, 0.717) is 0 Å². The summed E-state index contributed by atoms with van der Waals surface area (Å²) in [5.41, 5.74) is 0.825. The Morgan fingerprint density at radius 1 is 1.14 bits per heavy atom. The summed E-state index contributed by atoms with van der Waals surface area (Å²) in [4.78, 5) is 16.6. The number of piperazine rings is 1. The highest BCUT2D eigenvalue weighted by molar-refractivity contribution is 5.94. The zero-order chi connectivity index (χ0) is 15.2. The number of nitrogens with zero attached hydrogens (tertiary/aromatic N) is 3. The second-order valence-electron chi connectivity index (χ2n) is 5.41. The third-order valence-electron chi connectivity index (χ3n) is 4.05. The van der Waals surface area contributed by atoms with Gasteiger partial charge < -0.3 is 5.32 Å². The Morgan fingerprint density at radius 2 is 1.71 bits per heavy atom. The summed E-state index contributed by atoms with van der Waals surface area (Å²) in [6.45, 7) is 7.14. The summed E-state index contributed by atoms with van der Waals surface area (Å²) in [6.07, 6.45) is 0. The van der Waals surface area contributed by atoms with Gasteiger partial charge in [0.05, 0.1) is 18.2 Å². The molecule has 1 aromatic carbocycles. The predicted molar refractivity (Wildman–Crippen MR) is 82.8 cm³/mol. The first-order valence-electron chi connectivity index (χ1n) is 7.35. The molecule has 0 radical (unpaired) electrons. The van der Waals surface area contributed by atoms with E-state index in [9.17, 15) is 4.79 Å². The summed E-state index contributed by atoms with van der Waals surface area (Å²) < 4.78 is 0. The second-order valence-corrected chi connectivity index (χ2v) is 5.41. The van der Waals surface area contributed by atoms with Crippen molar-refractivity contribution in [2.24, 2.45) is 0 Å². The summed E-state index contributed by atoms with van der Waals surface area (Å²) in [7, 11) is 0. The molecular formula is C16H22N4O. The van der Waals surface area contributed by atoms with Crippen LogP contribution in [-0.2, 0) is 4.79 Å². The zero-order valence-electron chi connectivity index (χ0n) is 12.6. The first kappa shape index (κ1) is 15.5. The largest absolute Gasteiger partial charge is 0.325 e. The molecule has 2 unspecified atom stereocenters. The van der Waals surface area contributed by atoms with E-state index in [1.165, 1.54) is 0 Å². The molecule has 21 heavy (non-hydrogen) atoms. The molecule has 1 aromatic rings. The summed E-state index contributed by atoms with van der Waals surface area (Å²) in [5, 5.41) is 11.9. The Bertz CT molecular complexity index is 503. The van der Waals surface area contributed by atoms with Crippen LogP contribution < -0.4 is 5.32 Å². The molecule has 1 saturated heterocycles. The first-order chi connectivity index (χ1) is 10.1. The van der Waals surface area contributed by atoms with E-state index in [4.69, 9.17) is 5.26 Å². The van der Waals surface area contributed by atoms with Crippen molar-refractivity contribution in [3.63, 3.8) is 0 Å². The predicted octanol–water partition coefficient (Wildman–Crippen LogP) is 1.54. The molecule has 0 saturated carbocycles. The van der Waals surface area contributed by atoms with Gasteiger partial charge in [0.2, 0.25) is 5.91 Å². The molecule has 2 atom stereocenters. The summed E-state index contributed by atoms with van der Waals surface area (Å²) >= 11 is 0. The lowest BCUT2D eigenvalue weighted by molar-refractivity contribution is -0.121. The number of amides is 1. The van der Waals surface area contributed by atoms with E-state index in [1.54, 1.807) is 0 Å². The van der Waals surface area contributed by atoms with E-state index in [0.717, 1.165) is 31.9 Å². The highest BCUT2D eigenvalue weighted by Crippen LogP contribution is 2.12. The van der Waals surface area contributed by atoms with E-state index >= 15 is 0 Å². The van der Waals surface area contributed by atoms with Gasteiger partial charge in [-0.25, -0.2) is 0 Å². The molecule has 1 fully saturated rings. The van der Waals surface area contributed by atoms with Crippen LogP contribution in [0, 0.1) is 11.3 Å². The lowest BCUT2D eigenvalue weighted by Gasteiger charge is -2.38. The first-order valence-corrected chi connectivity index (χ1v) is 7.35. The van der Waals surface area contributed by atoms with E-state index in [2.05, 4.69) is 21.2 Å². The molecule has 1 amide bonds. The molecule has 5 nitrogen and oxygen atoms in total. The molecular weight excluding hydrogens is 264 g/mol. The van der Waals surface area contributed by atoms with Crippen LogP contribution in [0.1, 0.15) is 13.8 Å². The van der Waals surface area contributed by atoms with Crippen LogP contribution in [0.2, 0.25) is 0 Å². The van der Waals surface area contributed by atoms with E-state index in [1.807, 2.05) is 44.2 Å². The van der Waals surface area contributed by atoms with Gasteiger partial charge in [-0.3, -0.25) is 14.6 Å². The van der Waals surface area contributed by atoms with Crippen LogP contribution in [0.5, 0.6) is 0 Å². The lowest BCUT2D eigenvalue weighted by atomic mass is 10.2. The van der Waals surface area contributed by atoms with Gasteiger partial charge in [-0.2, -0.15) is 5.26 Å². The van der Waals surface area contributed by atoms with Crippen LogP contribution in [0.25, 0.3) is 0 Å². The van der Waals surface area contributed by atoms with Crippen molar-refractivity contribution in [1.82, 2.24) is 9.80 Å². The smallest absolute Gasteiger partial charge is 0.241 e. The number of para-hydroxylation sites is 1. The third-order valence-corrected chi connectivity index (χ3v) is 4.05. The average Bonchev–Trinajstić information content (AvgIpc) is 2.54. The molecule has 1 N–H and O–H groups in total. The van der Waals surface area contributed by atoms with Gasteiger partial charge in [0, 0.05) is 31.9 Å². The van der Waals surface area contributed by atoms with Crippen molar-refractivity contribution in [1.29, 1.82) is 5.26 Å². The molecule has 1 aliphatic rings. The minimum Gasteiger partial charge on any atom is -0.325 e. The van der Waals surface area contributed by atoms with Crippen LogP contribution in [0.4, 0.5) is 5.69 Å². The molecule has 1 aliphatic heterocycles. The molecule has 0 aromatic heterocycles. The maximum Gasteiger partial charge on any atom is 0.241 e. The monoisotopic (exact) mass is 286 g/mol. The van der Waals surface area contributed by atoms with Gasteiger partial charge in [-0.15, -0.1) is 0 Å². The number of hydrogen-bond donors (Lipinski definition) is 1. The van der Waals surface area contributed by atoms with Crippen molar-refractivity contribution in [2.75, 3.05) is 31.5 Å². The Hall–Kier alpha value is -1.90. The van der Waals surface area contributed by atoms with Gasteiger partial charge in [0.1, 0.15) is 0 Å². The van der Waals surface area contributed by atoms with Crippen LogP contribution in [0.3, 0.4) is 0 Å². The topological polar surface area (TPSA) is 59.4 Å². The van der Waals surface area contributed by atoms with Gasteiger partial charge in [0.15, 0.2) is 0 Å². The zero-order valence-corrected chi connectivity index (χ0v) is 12.6. The van der Waals surface area contributed by atoms with Crippen molar-refractivity contribution in [2.45, 2.75) is 25.9 Å². The highest BCUT2D eigenvalue weighted by Gasteiger charge is 2.27. The quantitative estimate of drug-likeness (QED) is 0.912. The number of carbonyl (C=O) groups is 1. The lowest BCUT2D eigenvalue weighted by Crippen LogP contribution is -2.54. The molecule has 2 rings (SSSR count). The average molecular weight is 286 g/mol. The molecule has 0 aliphatic carbocycles. The number of nitrogens with one attached hydrogen (secondary N) is 1. The molecule has 112 valence electrons. The number of carbonyl (C=O) groups excluding carboxylic acids is 1. The number of rotatable bonds is 4. The molecule has 0 spiro atoms. The van der Waals surface area contributed by atoms with Crippen molar-refractivity contribution < 1.29 is 4.79 Å². The normalized spacial score (nSPS) is 19.5. The number of nitriles is 1. The Kier molecular flexibility index (Phi) is 5.32. The minimum absolute atomic E-state index is 0.0166. The van der Waals surface area contributed by atoms with Crippen molar-refractivity contribution in [3.05, 3.63) is 30.3 Å². The third kappa shape index (κ3) is 4.03. The van der Waals surface area contributed by atoms with Gasteiger partial charge in [-0.1, -0.05) is 18.2 Å². The Balaban J connectivity index is 1.85. The number of hydrogen-bond acceptors (Lipinski definition) is 4. The summed E-state index contributed by atoms with van der Waals surface area (Å²) in [6, 6.07) is 11.6. The van der Waals surface area contributed by atoms with Crippen LogP contribution in [0.15, 0.2) is 30.3 Å². The van der Waals surface area contributed by atoms with Gasteiger partial charge >= 0.3 is 0 Å². The van der Waals surface area contributed by atoms with Gasteiger partial charge in [0.25, 0.3) is 0 Å². The minimum atomic E-state index is -0.162. The maximum atomic E-state index is 12.3. The van der Waals surface area contributed by atoms with Gasteiger partial charge in [-0.05, 0) is 26.0 Å². The Labute approximate surface area is 126 Å². The fraction of sp³-hybridized carbons (Fsp3) is 0.500. The van der Waals surface area contributed by atoms with E-state index < -0.39 is 0 Å². The number of benzene rings is 1. The standard InChI is InChI=1S/C16H22N4O/c1-13(12-17)19-8-10-20(11-9-19)14(2)16(21)18-15-6-4-3-5-7-15/h3-7,13-14H,8-11H2,1-2H3,(H,18,21). The van der Waals surface area contributed by atoms with Crippen molar-refractivity contribution >= 4 is 11.6 Å². The fourth-order valence-electron chi connectivity index (χ4n) is 2.53. The van der Waals surface area contributed by atoms with E-state index in [-0.39, 0.29) is 18.0 Å². The maximum absolute atomic E-state index is 12.3. The Morgan fingerprint density at radius 3 is 2.29 bits per heavy atom.